The minimum atomic E-state index is -0.130. The lowest BCUT2D eigenvalue weighted by atomic mass is 10.2. The number of hydrogen-bond acceptors (Lipinski definition) is 4. The molecule has 0 bridgehead atoms. The molecule has 0 unspecified atom stereocenters. The second kappa shape index (κ2) is 4.92. The van der Waals surface area contributed by atoms with Gasteiger partial charge in [0.1, 0.15) is 5.52 Å². The van der Waals surface area contributed by atoms with Crippen molar-refractivity contribution in [2.45, 2.75) is 0 Å². The highest BCUT2D eigenvalue weighted by Crippen LogP contribution is 2.12. The molecule has 6 heteroatoms. The number of nitrogens with zero attached hydrogens (tertiary/aromatic N) is 3. The largest absolute Gasteiger partial charge is 0.383 e. The van der Waals surface area contributed by atoms with Gasteiger partial charge in [0.2, 0.25) is 0 Å². The third kappa shape index (κ3) is 2.42. The second-order valence-corrected chi connectivity index (χ2v) is 3.67. The van der Waals surface area contributed by atoms with E-state index in [9.17, 15) is 4.79 Å². The number of carbonyl (C=O) groups excluding carboxylic acids is 1. The Balaban J connectivity index is 2.15. The first-order valence-electron chi connectivity index (χ1n) is 5.29. The average Bonchev–Trinajstić information content (AvgIpc) is 2.71. The molecule has 90 valence electrons. The van der Waals surface area contributed by atoms with Crippen molar-refractivity contribution in [1.82, 2.24) is 20.3 Å². The smallest absolute Gasteiger partial charge is 0.251 e. The van der Waals surface area contributed by atoms with Gasteiger partial charge in [0.05, 0.1) is 12.1 Å². The molecule has 1 N–H and O–H groups in total. The Labute approximate surface area is 98.6 Å². The van der Waals surface area contributed by atoms with Gasteiger partial charge in [-0.3, -0.25) is 4.79 Å². The van der Waals surface area contributed by atoms with E-state index < -0.39 is 0 Å². The van der Waals surface area contributed by atoms with Gasteiger partial charge in [0, 0.05) is 26.3 Å². The number of ether oxygens (including phenoxy) is 1. The van der Waals surface area contributed by atoms with Crippen LogP contribution in [0.25, 0.3) is 11.0 Å². The molecule has 1 aromatic heterocycles. The first-order chi connectivity index (χ1) is 8.22. The van der Waals surface area contributed by atoms with Crippen molar-refractivity contribution < 1.29 is 9.53 Å². The first-order valence-corrected chi connectivity index (χ1v) is 5.29. The molecule has 2 rings (SSSR count). The van der Waals surface area contributed by atoms with Crippen LogP contribution >= 0.6 is 0 Å². The number of rotatable bonds is 4. The molecule has 0 saturated carbocycles. The van der Waals surface area contributed by atoms with Gasteiger partial charge in [-0.25, -0.2) is 4.68 Å². The lowest BCUT2D eigenvalue weighted by Crippen LogP contribution is -2.26. The Morgan fingerprint density at radius 2 is 2.35 bits per heavy atom. The van der Waals surface area contributed by atoms with Crippen molar-refractivity contribution in [3.63, 3.8) is 0 Å². The van der Waals surface area contributed by atoms with Crippen LogP contribution in [0.15, 0.2) is 18.2 Å². The van der Waals surface area contributed by atoms with Crippen LogP contribution in [-0.2, 0) is 11.8 Å². The van der Waals surface area contributed by atoms with E-state index in [1.807, 2.05) is 13.1 Å². The zero-order valence-corrected chi connectivity index (χ0v) is 9.80. The van der Waals surface area contributed by atoms with Crippen molar-refractivity contribution in [3.8, 4) is 0 Å². The molecule has 0 atom stereocenters. The first kappa shape index (κ1) is 11.5. The summed E-state index contributed by atoms with van der Waals surface area (Å²) in [6.45, 7) is 0.993. The average molecular weight is 234 g/mol. The van der Waals surface area contributed by atoms with Crippen LogP contribution in [0.1, 0.15) is 10.4 Å². The Morgan fingerprint density at radius 1 is 1.53 bits per heavy atom. The molecule has 0 aliphatic rings. The van der Waals surface area contributed by atoms with E-state index in [2.05, 4.69) is 15.6 Å². The van der Waals surface area contributed by atoms with Gasteiger partial charge in [0.25, 0.3) is 5.91 Å². The zero-order chi connectivity index (χ0) is 12.3. The highest BCUT2D eigenvalue weighted by Gasteiger charge is 2.08. The normalized spacial score (nSPS) is 10.7. The van der Waals surface area contributed by atoms with Crippen LogP contribution in [0.2, 0.25) is 0 Å². The van der Waals surface area contributed by atoms with Gasteiger partial charge < -0.3 is 10.1 Å². The molecule has 0 fully saturated rings. The molecule has 1 aromatic carbocycles. The molecular weight excluding hydrogens is 220 g/mol. The van der Waals surface area contributed by atoms with E-state index in [-0.39, 0.29) is 5.91 Å². The van der Waals surface area contributed by atoms with Gasteiger partial charge in [-0.1, -0.05) is 5.21 Å². The topological polar surface area (TPSA) is 69.0 Å². The maximum Gasteiger partial charge on any atom is 0.251 e. The molecule has 0 radical (unpaired) electrons. The maximum atomic E-state index is 11.7. The number of hydrogen-bond donors (Lipinski definition) is 1. The van der Waals surface area contributed by atoms with Gasteiger partial charge in [-0.15, -0.1) is 5.10 Å². The van der Waals surface area contributed by atoms with E-state index in [1.165, 1.54) is 0 Å². The highest BCUT2D eigenvalue weighted by molar-refractivity contribution is 5.97. The minimum Gasteiger partial charge on any atom is -0.383 e. The summed E-state index contributed by atoms with van der Waals surface area (Å²) in [6, 6.07) is 5.32. The number of amides is 1. The molecule has 1 amide bonds. The van der Waals surface area contributed by atoms with E-state index in [4.69, 9.17) is 4.74 Å². The lowest BCUT2D eigenvalue weighted by molar-refractivity contribution is 0.0937. The molecule has 0 spiro atoms. The summed E-state index contributed by atoms with van der Waals surface area (Å²) in [6.07, 6.45) is 0. The summed E-state index contributed by atoms with van der Waals surface area (Å²) in [5.74, 6) is -0.130. The summed E-state index contributed by atoms with van der Waals surface area (Å²) in [4.78, 5) is 11.7. The Hall–Kier alpha value is -1.95. The third-order valence-electron chi connectivity index (χ3n) is 2.46. The predicted octanol–water partition coefficient (Wildman–Crippen LogP) is 0.344. The second-order valence-electron chi connectivity index (χ2n) is 3.67. The van der Waals surface area contributed by atoms with Crippen LogP contribution in [-0.4, -0.2) is 41.2 Å². The number of nitrogens with one attached hydrogen (secondary N) is 1. The van der Waals surface area contributed by atoms with E-state index in [1.54, 1.807) is 23.9 Å². The van der Waals surface area contributed by atoms with Crippen molar-refractivity contribution in [3.05, 3.63) is 23.8 Å². The third-order valence-corrected chi connectivity index (χ3v) is 2.46. The monoisotopic (exact) mass is 234 g/mol. The van der Waals surface area contributed by atoms with E-state index in [0.717, 1.165) is 5.52 Å². The van der Waals surface area contributed by atoms with Crippen LogP contribution in [0.4, 0.5) is 0 Å². The molecule has 17 heavy (non-hydrogen) atoms. The number of aromatic nitrogens is 3. The highest BCUT2D eigenvalue weighted by atomic mass is 16.5. The standard InChI is InChI=1S/C11H14N4O2/c1-15-10-4-3-8(7-9(10)13-14-15)11(16)12-5-6-17-2/h3-4,7H,5-6H2,1-2H3,(H,12,16). The van der Waals surface area contributed by atoms with Crippen LogP contribution < -0.4 is 5.32 Å². The van der Waals surface area contributed by atoms with Crippen LogP contribution in [0, 0.1) is 0 Å². The molecule has 1 heterocycles. The maximum absolute atomic E-state index is 11.7. The summed E-state index contributed by atoms with van der Waals surface area (Å²) in [7, 11) is 3.41. The van der Waals surface area contributed by atoms with Crippen molar-refractivity contribution in [2.75, 3.05) is 20.3 Å². The number of fused-ring (bicyclic) bond motifs is 1. The van der Waals surface area contributed by atoms with Gasteiger partial charge >= 0.3 is 0 Å². The summed E-state index contributed by atoms with van der Waals surface area (Å²) < 4.78 is 6.53. The fraction of sp³-hybridized carbons (Fsp3) is 0.364. The van der Waals surface area contributed by atoms with E-state index >= 15 is 0 Å². The summed E-state index contributed by atoms with van der Waals surface area (Å²) in [5, 5.41) is 10.6. The number of aryl methyl sites for hydroxylation is 1. The predicted molar refractivity (Wildman–Crippen MR) is 62.7 cm³/mol. The fourth-order valence-electron chi connectivity index (χ4n) is 1.55. The number of carbonyl (C=O) groups is 1. The molecular formula is C11H14N4O2. The number of benzene rings is 1. The Bertz CT molecular complexity index is 535. The van der Waals surface area contributed by atoms with Gasteiger partial charge in [-0.05, 0) is 18.2 Å². The van der Waals surface area contributed by atoms with Gasteiger partial charge in [0.15, 0.2) is 0 Å². The quantitative estimate of drug-likeness (QED) is 0.775. The minimum absolute atomic E-state index is 0.130. The lowest BCUT2D eigenvalue weighted by Gasteiger charge is -2.04. The molecule has 6 nitrogen and oxygen atoms in total. The Kier molecular flexibility index (Phi) is 3.34. The van der Waals surface area contributed by atoms with Crippen molar-refractivity contribution in [2.24, 2.45) is 7.05 Å². The zero-order valence-electron chi connectivity index (χ0n) is 9.80. The SMILES string of the molecule is COCCNC(=O)c1ccc2c(c1)nnn2C. The summed E-state index contributed by atoms with van der Waals surface area (Å²) in [5.41, 5.74) is 2.19. The van der Waals surface area contributed by atoms with Gasteiger partial charge in [-0.2, -0.15) is 0 Å². The van der Waals surface area contributed by atoms with Crippen LogP contribution in [0.3, 0.4) is 0 Å². The van der Waals surface area contributed by atoms with Crippen molar-refractivity contribution in [1.29, 1.82) is 0 Å². The number of methoxy groups -OCH3 is 1. The molecule has 0 aliphatic carbocycles. The van der Waals surface area contributed by atoms with E-state index in [0.29, 0.717) is 24.2 Å². The van der Waals surface area contributed by atoms with Crippen LogP contribution in [0.5, 0.6) is 0 Å². The summed E-state index contributed by atoms with van der Waals surface area (Å²) >= 11 is 0. The molecule has 2 aromatic rings. The fourth-order valence-corrected chi connectivity index (χ4v) is 1.55. The molecule has 0 aliphatic heterocycles. The van der Waals surface area contributed by atoms with Crippen molar-refractivity contribution >= 4 is 16.9 Å². The Morgan fingerprint density at radius 3 is 3.12 bits per heavy atom. The molecule has 0 saturated heterocycles.